The van der Waals surface area contributed by atoms with E-state index < -0.39 is 11.6 Å². The highest BCUT2D eigenvalue weighted by molar-refractivity contribution is 5.50. The van der Waals surface area contributed by atoms with Crippen LogP contribution < -0.4 is 4.90 Å². The molecule has 26 heavy (non-hydrogen) atoms. The molecule has 0 saturated carbocycles. The lowest BCUT2D eigenvalue weighted by molar-refractivity contribution is 0.0882. The van der Waals surface area contributed by atoms with Gasteiger partial charge in [-0.25, -0.2) is 8.78 Å². The van der Waals surface area contributed by atoms with E-state index in [9.17, 15) is 8.78 Å². The monoisotopic (exact) mass is 365 g/mol. The highest BCUT2D eigenvalue weighted by atomic mass is 19.2. The van der Waals surface area contributed by atoms with Crippen molar-refractivity contribution in [1.29, 1.82) is 0 Å². The van der Waals surface area contributed by atoms with Crippen molar-refractivity contribution in [3.63, 3.8) is 0 Å². The number of nitrogens with zero attached hydrogens (tertiary/aromatic N) is 3. The van der Waals surface area contributed by atoms with E-state index >= 15 is 0 Å². The van der Waals surface area contributed by atoms with Crippen LogP contribution in [-0.2, 0) is 6.42 Å². The Morgan fingerprint density at radius 3 is 2.19 bits per heavy atom. The molecule has 3 nitrogen and oxygen atoms in total. The molecule has 1 aromatic rings. The zero-order chi connectivity index (χ0) is 18.7. The summed E-state index contributed by atoms with van der Waals surface area (Å²) in [5.74, 6) is -1.33. The van der Waals surface area contributed by atoms with Gasteiger partial charge in [0.25, 0.3) is 0 Å². The van der Waals surface area contributed by atoms with Crippen LogP contribution in [-0.4, -0.2) is 61.2 Å². The van der Waals surface area contributed by atoms with Gasteiger partial charge in [0.05, 0.1) is 5.69 Å². The fourth-order valence-electron chi connectivity index (χ4n) is 4.38. The summed E-state index contributed by atoms with van der Waals surface area (Å²) in [5, 5.41) is 0. The van der Waals surface area contributed by atoms with Crippen LogP contribution in [0.1, 0.15) is 45.6 Å². The molecule has 0 N–H and O–H groups in total. The number of aryl methyl sites for hydroxylation is 1. The van der Waals surface area contributed by atoms with Gasteiger partial charge >= 0.3 is 0 Å². The Bertz CT molecular complexity index is 589. The molecule has 1 aromatic carbocycles. The van der Waals surface area contributed by atoms with Gasteiger partial charge in [-0.3, -0.25) is 4.90 Å². The predicted molar refractivity (Wildman–Crippen MR) is 104 cm³/mol. The minimum atomic E-state index is -0.672. The molecule has 0 amide bonds. The number of likely N-dealkylation sites (tertiary alicyclic amines) is 1. The summed E-state index contributed by atoms with van der Waals surface area (Å²) in [6.07, 6.45) is 3.84. The second kappa shape index (κ2) is 8.66. The van der Waals surface area contributed by atoms with Gasteiger partial charge in [-0.15, -0.1) is 0 Å². The summed E-state index contributed by atoms with van der Waals surface area (Å²) in [7, 11) is 0. The van der Waals surface area contributed by atoms with Crippen LogP contribution in [0, 0.1) is 11.6 Å². The second-order valence-electron chi connectivity index (χ2n) is 8.01. The highest BCUT2D eigenvalue weighted by Gasteiger charge is 2.29. The fraction of sp³-hybridized carbons (Fsp3) is 0.714. The van der Waals surface area contributed by atoms with Crippen LogP contribution in [0.3, 0.4) is 0 Å². The second-order valence-corrected chi connectivity index (χ2v) is 8.01. The first-order valence-corrected chi connectivity index (χ1v) is 10.2. The molecule has 2 fully saturated rings. The van der Waals surface area contributed by atoms with E-state index in [1.165, 1.54) is 25.9 Å². The predicted octanol–water partition coefficient (Wildman–Crippen LogP) is 3.91. The maximum atomic E-state index is 14.5. The van der Waals surface area contributed by atoms with Crippen molar-refractivity contribution >= 4 is 5.69 Å². The summed E-state index contributed by atoms with van der Waals surface area (Å²) in [5.41, 5.74) is 0.918. The molecule has 3 rings (SSSR count). The van der Waals surface area contributed by atoms with Gasteiger partial charge < -0.3 is 9.80 Å². The van der Waals surface area contributed by atoms with Crippen molar-refractivity contribution in [3.8, 4) is 0 Å². The summed E-state index contributed by atoms with van der Waals surface area (Å²) in [6, 6.07) is 4.79. The summed E-state index contributed by atoms with van der Waals surface area (Å²) in [4.78, 5) is 7.10. The van der Waals surface area contributed by atoms with E-state index in [2.05, 4.69) is 23.6 Å². The van der Waals surface area contributed by atoms with Crippen LogP contribution >= 0.6 is 0 Å². The van der Waals surface area contributed by atoms with E-state index in [1.54, 1.807) is 12.1 Å². The maximum Gasteiger partial charge on any atom is 0.182 e. The number of piperidine rings is 1. The Hall–Kier alpha value is -1.20. The number of hydrogen-bond acceptors (Lipinski definition) is 3. The fourth-order valence-corrected chi connectivity index (χ4v) is 4.38. The molecule has 0 spiro atoms. The third-order valence-corrected chi connectivity index (χ3v) is 6.06. The van der Waals surface area contributed by atoms with E-state index in [1.807, 2.05) is 11.8 Å². The van der Waals surface area contributed by atoms with Crippen LogP contribution in [0.4, 0.5) is 14.5 Å². The molecule has 5 heteroatoms. The average Bonchev–Trinajstić information content (AvgIpc) is 2.66. The maximum absolute atomic E-state index is 14.5. The van der Waals surface area contributed by atoms with Gasteiger partial charge in [0, 0.05) is 38.3 Å². The number of benzene rings is 1. The largest absolute Gasteiger partial charge is 0.367 e. The van der Waals surface area contributed by atoms with Crippen molar-refractivity contribution in [2.45, 2.75) is 58.5 Å². The summed E-state index contributed by atoms with van der Waals surface area (Å²) in [6.45, 7) is 12.3. The van der Waals surface area contributed by atoms with Crippen molar-refractivity contribution in [2.75, 3.05) is 44.2 Å². The molecule has 0 radical (unpaired) electrons. The average molecular weight is 366 g/mol. The molecule has 0 aliphatic carbocycles. The number of piperazine rings is 1. The first kappa shape index (κ1) is 19.6. The highest BCUT2D eigenvalue weighted by Crippen LogP contribution is 2.27. The van der Waals surface area contributed by atoms with Crippen molar-refractivity contribution in [2.24, 2.45) is 0 Å². The van der Waals surface area contributed by atoms with Crippen molar-refractivity contribution in [3.05, 3.63) is 29.3 Å². The van der Waals surface area contributed by atoms with Crippen molar-refractivity contribution < 1.29 is 8.78 Å². The van der Waals surface area contributed by atoms with Crippen LogP contribution in [0.2, 0.25) is 0 Å². The minimum absolute atomic E-state index is 0.427. The Morgan fingerprint density at radius 2 is 1.62 bits per heavy atom. The van der Waals surface area contributed by atoms with Gasteiger partial charge in [0.1, 0.15) is 0 Å². The molecular formula is C21H33F2N3. The smallest absolute Gasteiger partial charge is 0.182 e. The van der Waals surface area contributed by atoms with Gasteiger partial charge in [0.15, 0.2) is 11.6 Å². The molecule has 2 heterocycles. The lowest BCUT2D eigenvalue weighted by Gasteiger charge is -2.44. The van der Waals surface area contributed by atoms with Crippen LogP contribution in [0.5, 0.6) is 0 Å². The first-order valence-electron chi connectivity index (χ1n) is 10.2. The molecule has 2 aliphatic rings. The van der Waals surface area contributed by atoms with Gasteiger partial charge in [-0.1, -0.05) is 19.4 Å². The van der Waals surface area contributed by atoms with E-state index in [0.717, 1.165) is 32.6 Å². The lowest BCUT2D eigenvalue weighted by atomic mass is 10.0. The number of anilines is 1. The standard InChI is InChI=1S/C21H33F2N3/c1-4-5-17-6-7-19(21(23)20(17)22)26-14-12-25(13-15-26)18-8-10-24(11-9-18)16(2)3/h6-7,16,18H,4-5,8-15H2,1-3H3. The molecule has 0 atom stereocenters. The van der Waals surface area contributed by atoms with Gasteiger partial charge in [0.2, 0.25) is 0 Å². The van der Waals surface area contributed by atoms with Crippen molar-refractivity contribution in [1.82, 2.24) is 9.80 Å². The van der Waals surface area contributed by atoms with E-state index in [4.69, 9.17) is 0 Å². The zero-order valence-electron chi connectivity index (χ0n) is 16.5. The van der Waals surface area contributed by atoms with Gasteiger partial charge in [-0.2, -0.15) is 0 Å². The molecule has 146 valence electrons. The molecule has 2 saturated heterocycles. The first-order chi connectivity index (χ1) is 12.5. The van der Waals surface area contributed by atoms with Crippen LogP contribution in [0.15, 0.2) is 12.1 Å². The number of rotatable bonds is 5. The summed E-state index contributed by atoms with van der Waals surface area (Å²) >= 11 is 0. The van der Waals surface area contributed by atoms with E-state index in [0.29, 0.717) is 29.8 Å². The summed E-state index contributed by atoms with van der Waals surface area (Å²) < 4.78 is 28.8. The molecule has 0 unspecified atom stereocenters. The normalized spacial score (nSPS) is 20.9. The number of halogens is 2. The molecular weight excluding hydrogens is 332 g/mol. The minimum Gasteiger partial charge on any atom is -0.367 e. The van der Waals surface area contributed by atoms with Gasteiger partial charge in [-0.05, 0) is 57.8 Å². The third kappa shape index (κ3) is 4.20. The Kier molecular flexibility index (Phi) is 6.51. The molecule has 0 bridgehead atoms. The zero-order valence-corrected chi connectivity index (χ0v) is 16.5. The SMILES string of the molecule is CCCc1ccc(N2CCN(C3CCN(C(C)C)CC3)CC2)c(F)c1F. The topological polar surface area (TPSA) is 9.72 Å². The Morgan fingerprint density at radius 1 is 0.962 bits per heavy atom. The number of hydrogen-bond donors (Lipinski definition) is 0. The Balaban J connectivity index is 1.57. The molecule has 2 aliphatic heterocycles. The van der Waals surface area contributed by atoms with Crippen LogP contribution in [0.25, 0.3) is 0 Å². The third-order valence-electron chi connectivity index (χ3n) is 6.06. The molecule has 0 aromatic heterocycles. The lowest BCUT2D eigenvalue weighted by Crippen LogP contribution is -2.54. The quantitative estimate of drug-likeness (QED) is 0.783. The van der Waals surface area contributed by atoms with E-state index in [-0.39, 0.29) is 0 Å². The Labute approximate surface area is 157 Å².